The summed E-state index contributed by atoms with van der Waals surface area (Å²) in [7, 11) is 3.16. The Labute approximate surface area is 180 Å². The van der Waals surface area contributed by atoms with Crippen LogP contribution in [0.1, 0.15) is 19.3 Å². The van der Waals surface area contributed by atoms with E-state index < -0.39 is 0 Å². The highest BCUT2D eigenvalue weighted by molar-refractivity contribution is 6.32. The molecule has 0 radical (unpaired) electrons. The van der Waals surface area contributed by atoms with E-state index in [1.165, 1.54) is 6.42 Å². The third kappa shape index (κ3) is 3.75. The van der Waals surface area contributed by atoms with E-state index in [0.717, 1.165) is 37.2 Å². The molecule has 156 valence electrons. The zero-order valence-electron chi connectivity index (χ0n) is 17.1. The summed E-state index contributed by atoms with van der Waals surface area (Å²) in [5.41, 5.74) is 1.79. The van der Waals surface area contributed by atoms with Gasteiger partial charge in [-0.25, -0.2) is 4.98 Å². The Morgan fingerprint density at radius 3 is 2.30 bits per heavy atom. The first-order valence-corrected chi connectivity index (χ1v) is 10.4. The quantitative estimate of drug-likeness (QED) is 0.599. The molecule has 2 heterocycles. The number of halogens is 1. The molecule has 1 aliphatic heterocycles. The SMILES string of the molecule is COc1ccc(-c2c(Cl)nc(N3CCCCC3)c(=O)n2-c2ccccc2)cc1OC. The maximum Gasteiger partial charge on any atom is 0.298 e. The van der Waals surface area contributed by atoms with Gasteiger partial charge in [-0.15, -0.1) is 0 Å². The first-order chi connectivity index (χ1) is 14.6. The molecule has 0 aliphatic carbocycles. The van der Waals surface area contributed by atoms with Gasteiger partial charge >= 0.3 is 0 Å². The Morgan fingerprint density at radius 1 is 0.933 bits per heavy atom. The number of aromatic nitrogens is 2. The second-order valence-electron chi connectivity index (χ2n) is 7.17. The summed E-state index contributed by atoms with van der Waals surface area (Å²) in [6, 6.07) is 14.9. The van der Waals surface area contributed by atoms with Crippen molar-refractivity contribution >= 4 is 17.4 Å². The Kier molecular flexibility index (Phi) is 5.95. The van der Waals surface area contributed by atoms with Crippen molar-refractivity contribution in [1.29, 1.82) is 0 Å². The van der Waals surface area contributed by atoms with E-state index in [4.69, 9.17) is 21.1 Å². The molecule has 7 heteroatoms. The van der Waals surface area contributed by atoms with E-state index in [2.05, 4.69) is 4.98 Å². The summed E-state index contributed by atoms with van der Waals surface area (Å²) in [5.74, 6) is 1.55. The summed E-state index contributed by atoms with van der Waals surface area (Å²) in [6.07, 6.45) is 3.25. The van der Waals surface area contributed by atoms with Crippen LogP contribution < -0.4 is 19.9 Å². The first kappa shape index (κ1) is 20.3. The van der Waals surface area contributed by atoms with Gasteiger partial charge in [0, 0.05) is 24.3 Å². The monoisotopic (exact) mass is 425 g/mol. The van der Waals surface area contributed by atoms with Gasteiger partial charge in [0.15, 0.2) is 22.5 Å². The van der Waals surface area contributed by atoms with E-state index in [-0.39, 0.29) is 10.7 Å². The van der Waals surface area contributed by atoms with Gasteiger partial charge < -0.3 is 14.4 Å². The van der Waals surface area contributed by atoms with Gasteiger partial charge in [0.2, 0.25) is 0 Å². The van der Waals surface area contributed by atoms with Crippen molar-refractivity contribution in [3.63, 3.8) is 0 Å². The average Bonchev–Trinajstić information content (AvgIpc) is 2.80. The van der Waals surface area contributed by atoms with Crippen molar-refractivity contribution in [2.45, 2.75) is 19.3 Å². The van der Waals surface area contributed by atoms with Crippen molar-refractivity contribution in [3.8, 4) is 28.4 Å². The molecule has 0 atom stereocenters. The fraction of sp³-hybridized carbons (Fsp3) is 0.304. The summed E-state index contributed by atoms with van der Waals surface area (Å²) in [5, 5.41) is 0.270. The lowest BCUT2D eigenvalue weighted by Crippen LogP contribution is -2.37. The molecule has 0 saturated carbocycles. The molecule has 0 spiro atoms. The molecule has 2 aromatic carbocycles. The number of benzene rings is 2. The lowest BCUT2D eigenvalue weighted by molar-refractivity contribution is 0.355. The third-order valence-electron chi connectivity index (χ3n) is 5.34. The van der Waals surface area contributed by atoms with Gasteiger partial charge in [-0.3, -0.25) is 9.36 Å². The maximum absolute atomic E-state index is 13.6. The number of rotatable bonds is 5. The standard InChI is InChI=1S/C23H24ClN3O3/c1-29-18-12-11-16(15-19(18)30-2)20-21(24)25-22(26-13-7-4-8-14-26)23(28)27(20)17-9-5-3-6-10-17/h3,5-6,9-12,15H,4,7-8,13-14H2,1-2H3. The number of nitrogens with zero attached hydrogens (tertiary/aromatic N) is 3. The zero-order valence-corrected chi connectivity index (χ0v) is 17.9. The second kappa shape index (κ2) is 8.79. The fourth-order valence-corrected chi connectivity index (χ4v) is 4.13. The number of piperidine rings is 1. The second-order valence-corrected chi connectivity index (χ2v) is 7.53. The molecule has 6 nitrogen and oxygen atoms in total. The van der Waals surface area contributed by atoms with Crippen LogP contribution in [0.25, 0.3) is 16.9 Å². The van der Waals surface area contributed by atoms with Crippen LogP contribution in [0.3, 0.4) is 0 Å². The molecule has 3 aromatic rings. The Bertz CT molecular complexity index is 1090. The molecule has 0 unspecified atom stereocenters. The minimum absolute atomic E-state index is 0.183. The predicted octanol–water partition coefficient (Wildman–Crippen LogP) is 4.56. The lowest BCUT2D eigenvalue weighted by atomic mass is 10.1. The van der Waals surface area contributed by atoms with Crippen LogP contribution in [0.2, 0.25) is 5.15 Å². The van der Waals surface area contributed by atoms with Gasteiger partial charge in [0.05, 0.1) is 19.9 Å². The minimum Gasteiger partial charge on any atom is -0.493 e. The van der Waals surface area contributed by atoms with E-state index >= 15 is 0 Å². The van der Waals surface area contributed by atoms with Gasteiger partial charge in [-0.2, -0.15) is 0 Å². The van der Waals surface area contributed by atoms with Crippen molar-refractivity contribution in [3.05, 3.63) is 64.0 Å². The van der Waals surface area contributed by atoms with Crippen molar-refractivity contribution in [2.24, 2.45) is 0 Å². The van der Waals surface area contributed by atoms with Crippen LogP contribution in [0.15, 0.2) is 53.3 Å². The number of anilines is 1. The number of hydrogen-bond donors (Lipinski definition) is 0. The molecule has 1 fully saturated rings. The number of para-hydroxylation sites is 1. The number of hydrogen-bond acceptors (Lipinski definition) is 5. The van der Waals surface area contributed by atoms with Crippen LogP contribution in [0.4, 0.5) is 5.82 Å². The average molecular weight is 426 g/mol. The van der Waals surface area contributed by atoms with Crippen LogP contribution in [0, 0.1) is 0 Å². The summed E-state index contributed by atoms with van der Waals surface area (Å²) in [4.78, 5) is 20.2. The molecule has 1 aromatic heterocycles. The van der Waals surface area contributed by atoms with Crippen LogP contribution in [0.5, 0.6) is 11.5 Å². The Balaban J connectivity index is 1.97. The van der Waals surface area contributed by atoms with E-state index in [1.54, 1.807) is 30.9 Å². The Hall–Kier alpha value is -2.99. The summed E-state index contributed by atoms with van der Waals surface area (Å²) >= 11 is 6.71. The van der Waals surface area contributed by atoms with Crippen LogP contribution in [-0.4, -0.2) is 36.9 Å². The van der Waals surface area contributed by atoms with Gasteiger partial charge in [-0.05, 0) is 49.6 Å². The lowest BCUT2D eigenvalue weighted by Gasteiger charge is -2.28. The molecular formula is C23H24ClN3O3. The molecule has 1 aliphatic rings. The molecule has 0 amide bonds. The molecule has 4 rings (SSSR count). The highest BCUT2D eigenvalue weighted by Crippen LogP contribution is 2.36. The molecule has 1 saturated heterocycles. The smallest absolute Gasteiger partial charge is 0.298 e. The molecule has 0 bridgehead atoms. The summed E-state index contributed by atoms with van der Waals surface area (Å²) in [6.45, 7) is 1.62. The number of ether oxygens (including phenoxy) is 2. The van der Waals surface area contributed by atoms with Crippen LogP contribution in [-0.2, 0) is 0 Å². The third-order valence-corrected chi connectivity index (χ3v) is 5.61. The largest absolute Gasteiger partial charge is 0.493 e. The normalized spacial score (nSPS) is 13.9. The van der Waals surface area contributed by atoms with E-state index in [9.17, 15) is 4.79 Å². The molecular weight excluding hydrogens is 402 g/mol. The topological polar surface area (TPSA) is 56.6 Å². The predicted molar refractivity (Wildman–Crippen MR) is 119 cm³/mol. The minimum atomic E-state index is -0.183. The van der Waals surface area contributed by atoms with Crippen molar-refractivity contribution < 1.29 is 9.47 Å². The summed E-state index contributed by atoms with van der Waals surface area (Å²) < 4.78 is 12.4. The van der Waals surface area contributed by atoms with Gasteiger partial charge in [-0.1, -0.05) is 29.8 Å². The fourth-order valence-electron chi connectivity index (χ4n) is 3.85. The highest BCUT2D eigenvalue weighted by atomic mass is 35.5. The zero-order chi connectivity index (χ0) is 21.1. The Morgan fingerprint density at radius 2 is 1.63 bits per heavy atom. The first-order valence-electron chi connectivity index (χ1n) is 9.99. The molecule has 30 heavy (non-hydrogen) atoms. The highest BCUT2D eigenvalue weighted by Gasteiger charge is 2.23. The van der Waals surface area contributed by atoms with Crippen molar-refractivity contribution in [2.75, 3.05) is 32.2 Å². The maximum atomic E-state index is 13.6. The van der Waals surface area contributed by atoms with E-state index in [1.807, 2.05) is 41.3 Å². The van der Waals surface area contributed by atoms with Crippen LogP contribution >= 0.6 is 11.6 Å². The number of methoxy groups -OCH3 is 2. The molecule has 0 N–H and O–H groups in total. The van der Waals surface area contributed by atoms with Crippen molar-refractivity contribution in [1.82, 2.24) is 9.55 Å². The van der Waals surface area contributed by atoms with Gasteiger partial charge in [0.1, 0.15) is 0 Å². The van der Waals surface area contributed by atoms with E-state index in [0.29, 0.717) is 23.0 Å². The van der Waals surface area contributed by atoms with Gasteiger partial charge in [0.25, 0.3) is 5.56 Å².